The van der Waals surface area contributed by atoms with Crippen LogP contribution in [0.15, 0.2) is 18.2 Å². The number of phenolic OH excluding ortho intramolecular Hbond substituents is 1. The first-order valence-electron chi connectivity index (χ1n) is 4.90. The molecule has 1 aliphatic rings. The summed E-state index contributed by atoms with van der Waals surface area (Å²) in [5.41, 5.74) is 6.57. The number of nitrogens with two attached hydrogens (primary N) is 1. The van der Waals surface area contributed by atoms with Gasteiger partial charge in [-0.15, -0.1) is 0 Å². The third kappa shape index (κ3) is 1.48. The molecule has 3 heteroatoms. The zero-order chi connectivity index (χ0) is 10.2. The molecule has 2 nitrogen and oxygen atoms in total. The Kier molecular flexibility index (Phi) is 2.19. The topological polar surface area (TPSA) is 46.2 Å². The third-order valence-electron chi connectivity index (χ3n) is 3.02. The molecule has 3 N–H and O–H groups in total. The van der Waals surface area contributed by atoms with Crippen LogP contribution in [0.2, 0.25) is 0 Å². The fraction of sp³-hybridized carbons (Fsp3) is 0.455. The summed E-state index contributed by atoms with van der Waals surface area (Å²) in [7, 11) is 0. The Morgan fingerprint density at radius 1 is 1.29 bits per heavy atom. The fourth-order valence-electron chi connectivity index (χ4n) is 2.11. The predicted molar refractivity (Wildman–Crippen MR) is 52.4 cm³/mol. The molecule has 0 aliphatic heterocycles. The number of rotatable bonds is 1. The van der Waals surface area contributed by atoms with E-state index in [1.165, 1.54) is 12.1 Å². The molecule has 1 aromatic rings. The van der Waals surface area contributed by atoms with E-state index in [1.54, 1.807) is 6.07 Å². The standard InChI is InChI=1S/C11H14FNO/c12-9-7-8(3-4-10(9)14)11(13)5-1-2-6-11/h3-4,7,14H,1-2,5-6,13H2. The van der Waals surface area contributed by atoms with E-state index in [9.17, 15) is 4.39 Å². The first-order valence-corrected chi connectivity index (χ1v) is 4.90. The molecule has 1 aliphatic carbocycles. The van der Waals surface area contributed by atoms with Gasteiger partial charge in [-0.2, -0.15) is 0 Å². The molecule has 0 spiro atoms. The number of benzene rings is 1. The zero-order valence-corrected chi connectivity index (χ0v) is 7.96. The van der Waals surface area contributed by atoms with Crippen molar-refractivity contribution in [3.63, 3.8) is 0 Å². The van der Waals surface area contributed by atoms with Gasteiger partial charge in [0.25, 0.3) is 0 Å². The van der Waals surface area contributed by atoms with Gasteiger partial charge in [-0.3, -0.25) is 0 Å². The van der Waals surface area contributed by atoms with Crippen molar-refractivity contribution < 1.29 is 9.50 Å². The summed E-state index contributed by atoms with van der Waals surface area (Å²) in [6, 6.07) is 4.43. The Balaban J connectivity index is 2.36. The molecule has 0 saturated heterocycles. The SMILES string of the molecule is NC1(c2ccc(O)c(F)c2)CCCC1. The van der Waals surface area contributed by atoms with Crippen LogP contribution >= 0.6 is 0 Å². The van der Waals surface area contributed by atoms with E-state index in [0.29, 0.717) is 0 Å². The molecule has 0 atom stereocenters. The largest absolute Gasteiger partial charge is 0.505 e. The van der Waals surface area contributed by atoms with E-state index in [4.69, 9.17) is 10.8 Å². The van der Waals surface area contributed by atoms with Gasteiger partial charge in [0.2, 0.25) is 0 Å². The van der Waals surface area contributed by atoms with Crippen molar-refractivity contribution >= 4 is 0 Å². The highest BCUT2D eigenvalue weighted by molar-refractivity contribution is 5.32. The minimum atomic E-state index is -0.584. The molecule has 1 saturated carbocycles. The highest BCUT2D eigenvalue weighted by Gasteiger charge is 2.31. The molecule has 76 valence electrons. The fourth-order valence-corrected chi connectivity index (χ4v) is 2.11. The normalized spacial score (nSPS) is 19.9. The molecule has 1 aromatic carbocycles. The van der Waals surface area contributed by atoms with E-state index in [-0.39, 0.29) is 11.3 Å². The summed E-state index contributed by atoms with van der Waals surface area (Å²) in [6.45, 7) is 0. The summed E-state index contributed by atoms with van der Waals surface area (Å²) in [5.74, 6) is -0.894. The van der Waals surface area contributed by atoms with Gasteiger partial charge in [-0.05, 0) is 30.5 Å². The van der Waals surface area contributed by atoms with Crippen LogP contribution in [0.1, 0.15) is 31.2 Å². The van der Waals surface area contributed by atoms with Crippen LogP contribution in [0.3, 0.4) is 0 Å². The molecule has 0 radical (unpaired) electrons. The second-order valence-electron chi connectivity index (χ2n) is 4.03. The number of hydrogen-bond acceptors (Lipinski definition) is 2. The molecule has 1 fully saturated rings. The quantitative estimate of drug-likeness (QED) is 0.722. The third-order valence-corrected chi connectivity index (χ3v) is 3.02. The van der Waals surface area contributed by atoms with Crippen LogP contribution < -0.4 is 5.73 Å². The Bertz CT molecular complexity index is 345. The van der Waals surface area contributed by atoms with Crippen LogP contribution in [0.5, 0.6) is 5.75 Å². The summed E-state index contributed by atoms with van der Waals surface area (Å²) >= 11 is 0. The number of halogens is 1. The molecule has 0 heterocycles. The Hall–Kier alpha value is -1.09. The molecule has 14 heavy (non-hydrogen) atoms. The van der Waals surface area contributed by atoms with E-state index < -0.39 is 5.82 Å². The molecule has 0 unspecified atom stereocenters. The second kappa shape index (κ2) is 3.24. The number of aromatic hydroxyl groups is 1. The average molecular weight is 195 g/mol. The van der Waals surface area contributed by atoms with Crippen molar-refractivity contribution in [3.05, 3.63) is 29.6 Å². The van der Waals surface area contributed by atoms with Crippen molar-refractivity contribution in [2.24, 2.45) is 5.73 Å². The van der Waals surface area contributed by atoms with Gasteiger partial charge in [0, 0.05) is 5.54 Å². The first kappa shape index (κ1) is 9.46. The van der Waals surface area contributed by atoms with Gasteiger partial charge in [0.15, 0.2) is 11.6 Å². The van der Waals surface area contributed by atoms with E-state index in [0.717, 1.165) is 31.2 Å². The van der Waals surface area contributed by atoms with Crippen molar-refractivity contribution in [3.8, 4) is 5.75 Å². The van der Waals surface area contributed by atoms with Crippen molar-refractivity contribution in [2.45, 2.75) is 31.2 Å². The van der Waals surface area contributed by atoms with Gasteiger partial charge >= 0.3 is 0 Å². The maximum Gasteiger partial charge on any atom is 0.165 e. The lowest BCUT2D eigenvalue weighted by molar-refractivity contribution is 0.422. The maximum absolute atomic E-state index is 13.1. The summed E-state index contributed by atoms with van der Waals surface area (Å²) in [5, 5.41) is 9.05. The van der Waals surface area contributed by atoms with E-state index in [2.05, 4.69) is 0 Å². The molecular weight excluding hydrogens is 181 g/mol. The summed E-state index contributed by atoms with van der Waals surface area (Å²) < 4.78 is 13.1. The molecule has 0 amide bonds. The van der Waals surface area contributed by atoms with Gasteiger partial charge in [0.1, 0.15) is 0 Å². The minimum Gasteiger partial charge on any atom is -0.505 e. The molecule has 0 bridgehead atoms. The van der Waals surface area contributed by atoms with Crippen molar-refractivity contribution in [1.29, 1.82) is 0 Å². The van der Waals surface area contributed by atoms with Crippen molar-refractivity contribution in [2.75, 3.05) is 0 Å². The highest BCUT2D eigenvalue weighted by Crippen LogP contribution is 2.37. The number of hydrogen-bond donors (Lipinski definition) is 2. The molecule has 0 aromatic heterocycles. The summed E-state index contributed by atoms with van der Waals surface area (Å²) in [6.07, 6.45) is 3.99. The average Bonchev–Trinajstić information content (AvgIpc) is 2.58. The number of phenols is 1. The second-order valence-corrected chi connectivity index (χ2v) is 4.03. The minimum absolute atomic E-state index is 0.310. The van der Waals surface area contributed by atoms with Crippen molar-refractivity contribution in [1.82, 2.24) is 0 Å². The van der Waals surface area contributed by atoms with E-state index >= 15 is 0 Å². The van der Waals surface area contributed by atoms with Gasteiger partial charge in [-0.25, -0.2) is 4.39 Å². The van der Waals surface area contributed by atoms with Crippen LogP contribution in [0.4, 0.5) is 4.39 Å². The van der Waals surface area contributed by atoms with Crippen LogP contribution in [-0.4, -0.2) is 5.11 Å². The van der Waals surface area contributed by atoms with Gasteiger partial charge < -0.3 is 10.8 Å². The van der Waals surface area contributed by atoms with Gasteiger partial charge in [-0.1, -0.05) is 18.9 Å². The lowest BCUT2D eigenvalue weighted by Gasteiger charge is -2.24. The monoisotopic (exact) mass is 195 g/mol. The summed E-state index contributed by atoms with van der Waals surface area (Å²) in [4.78, 5) is 0. The Morgan fingerprint density at radius 3 is 2.50 bits per heavy atom. The Labute approximate surface area is 82.5 Å². The zero-order valence-electron chi connectivity index (χ0n) is 7.96. The molecular formula is C11H14FNO. The van der Waals surface area contributed by atoms with Gasteiger partial charge in [0.05, 0.1) is 0 Å². The van der Waals surface area contributed by atoms with Crippen LogP contribution in [0.25, 0.3) is 0 Å². The Morgan fingerprint density at radius 2 is 1.93 bits per heavy atom. The predicted octanol–water partition coefficient (Wildman–Crippen LogP) is 2.26. The van der Waals surface area contributed by atoms with Crippen LogP contribution in [0, 0.1) is 5.82 Å². The van der Waals surface area contributed by atoms with Crippen LogP contribution in [-0.2, 0) is 5.54 Å². The first-order chi connectivity index (χ1) is 6.62. The molecule has 2 rings (SSSR count). The smallest absolute Gasteiger partial charge is 0.165 e. The lowest BCUT2D eigenvalue weighted by Crippen LogP contribution is -2.33. The maximum atomic E-state index is 13.1. The highest BCUT2D eigenvalue weighted by atomic mass is 19.1. The van der Waals surface area contributed by atoms with E-state index in [1.807, 2.05) is 0 Å². The lowest BCUT2D eigenvalue weighted by atomic mass is 9.89.